The lowest BCUT2D eigenvalue weighted by atomic mass is 10.2. The molecule has 0 fully saturated rings. The van der Waals surface area contributed by atoms with E-state index in [0.29, 0.717) is 32.7 Å². The molecule has 3 aromatic rings. The summed E-state index contributed by atoms with van der Waals surface area (Å²) >= 11 is 7.10. The van der Waals surface area contributed by atoms with Gasteiger partial charge in [0.05, 0.1) is 27.4 Å². The van der Waals surface area contributed by atoms with Crippen LogP contribution >= 0.6 is 22.9 Å². The van der Waals surface area contributed by atoms with Gasteiger partial charge in [0.25, 0.3) is 5.91 Å². The molecule has 134 valence electrons. The zero-order valence-corrected chi connectivity index (χ0v) is 15.2. The molecular weight excluding hydrogens is 378 g/mol. The van der Waals surface area contributed by atoms with Crippen molar-refractivity contribution < 1.29 is 19.4 Å². The van der Waals surface area contributed by atoms with Crippen molar-refractivity contribution in [1.29, 1.82) is 0 Å². The summed E-state index contributed by atoms with van der Waals surface area (Å²) in [6, 6.07) is 6.12. The molecule has 0 saturated heterocycles. The maximum absolute atomic E-state index is 12.5. The summed E-state index contributed by atoms with van der Waals surface area (Å²) in [6.45, 7) is 2.38. The number of nitrogens with zero attached hydrogens (tertiary/aromatic N) is 2. The third kappa shape index (κ3) is 3.92. The first-order chi connectivity index (χ1) is 12.5. The van der Waals surface area contributed by atoms with Crippen molar-refractivity contribution in [3.63, 3.8) is 0 Å². The Bertz CT molecular complexity index is 989. The number of aromatic carboxylic acids is 1. The first kappa shape index (κ1) is 18.1. The number of aromatic nitrogens is 2. The largest absolute Gasteiger partial charge is 0.491 e. The topological polar surface area (TPSA) is 101 Å². The number of amides is 1. The SMILES string of the molecule is CCCOc1cc(Cl)cnc1C(=O)Nc1nc2ccc(C(=O)O)cc2s1. The molecule has 2 aromatic heterocycles. The number of hydrogen-bond acceptors (Lipinski definition) is 6. The van der Waals surface area contributed by atoms with Crippen molar-refractivity contribution in [2.45, 2.75) is 13.3 Å². The molecular formula is C17H14ClN3O4S. The molecule has 0 aliphatic heterocycles. The molecule has 7 nitrogen and oxygen atoms in total. The number of halogens is 1. The Balaban J connectivity index is 1.86. The summed E-state index contributed by atoms with van der Waals surface area (Å²) in [5.74, 6) is -1.20. The lowest BCUT2D eigenvalue weighted by Crippen LogP contribution is -2.15. The summed E-state index contributed by atoms with van der Waals surface area (Å²) in [6.07, 6.45) is 2.14. The van der Waals surface area contributed by atoms with Crippen molar-refractivity contribution >= 4 is 50.2 Å². The van der Waals surface area contributed by atoms with E-state index < -0.39 is 11.9 Å². The van der Waals surface area contributed by atoms with Gasteiger partial charge < -0.3 is 9.84 Å². The molecule has 1 amide bonds. The van der Waals surface area contributed by atoms with Crippen molar-refractivity contribution in [2.75, 3.05) is 11.9 Å². The van der Waals surface area contributed by atoms with Gasteiger partial charge in [0, 0.05) is 12.3 Å². The normalized spacial score (nSPS) is 10.7. The highest BCUT2D eigenvalue weighted by atomic mass is 35.5. The molecule has 0 aliphatic carbocycles. The number of benzene rings is 1. The first-order valence-electron chi connectivity index (χ1n) is 7.71. The average Bonchev–Trinajstić information content (AvgIpc) is 3.01. The van der Waals surface area contributed by atoms with E-state index in [2.05, 4.69) is 15.3 Å². The molecule has 0 atom stereocenters. The van der Waals surface area contributed by atoms with Crippen LogP contribution in [-0.2, 0) is 0 Å². The number of rotatable bonds is 6. The molecule has 9 heteroatoms. The Labute approximate surface area is 157 Å². The molecule has 26 heavy (non-hydrogen) atoms. The highest BCUT2D eigenvalue weighted by molar-refractivity contribution is 7.22. The maximum atomic E-state index is 12.5. The third-order valence-corrected chi connectivity index (χ3v) is 4.49. The van der Waals surface area contributed by atoms with Crippen LogP contribution < -0.4 is 10.1 Å². The van der Waals surface area contributed by atoms with Gasteiger partial charge in [-0.05, 0) is 24.6 Å². The van der Waals surface area contributed by atoms with Crippen LogP contribution in [0.1, 0.15) is 34.2 Å². The van der Waals surface area contributed by atoms with Gasteiger partial charge in [-0.2, -0.15) is 0 Å². The molecule has 0 unspecified atom stereocenters. The number of pyridine rings is 1. The molecule has 0 aliphatic rings. The second kappa shape index (κ2) is 7.67. The van der Waals surface area contributed by atoms with Crippen LogP contribution in [0.3, 0.4) is 0 Å². The van der Waals surface area contributed by atoms with E-state index in [1.807, 2.05) is 6.92 Å². The number of ether oxygens (including phenoxy) is 1. The molecule has 0 bridgehead atoms. The predicted octanol–water partition coefficient (Wildman–Crippen LogP) is 4.08. The van der Waals surface area contributed by atoms with Crippen LogP contribution in [-0.4, -0.2) is 33.6 Å². The molecule has 0 saturated carbocycles. The van der Waals surface area contributed by atoms with E-state index in [9.17, 15) is 9.59 Å². The van der Waals surface area contributed by atoms with Gasteiger partial charge >= 0.3 is 5.97 Å². The summed E-state index contributed by atoms with van der Waals surface area (Å²) in [5, 5.41) is 12.4. The van der Waals surface area contributed by atoms with E-state index in [-0.39, 0.29) is 11.3 Å². The third-order valence-electron chi connectivity index (χ3n) is 3.35. The number of hydrogen-bond donors (Lipinski definition) is 2. The summed E-state index contributed by atoms with van der Waals surface area (Å²) < 4.78 is 6.20. The zero-order chi connectivity index (χ0) is 18.7. The van der Waals surface area contributed by atoms with Crippen molar-refractivity contribution in [2.24, 2.45) is 0 Å². The van der Waals surface area contributed by atoms with Crippen molar-refractivity contribution in [3.05, 3.63) is 46.7 Å². The number of fused-ring (bicyclic) bond motifs is 1. The summed E-state index contributed by atoms with van der Waals surface area (Å²) in [4.78, 5) is 31.9. The number of carboxylic acid groups (broad SMARTS) is 1. The Morgan fingerprint density at radius 2 is 2.15 bits per heavy atom. The van der Waals surface area contributed by atoms with E-state index in [1.54, 1.807) is 6.07 Å². The minimum atomic E-state index is -1.02. The lowest BCUT2D eigenvalue weighted by molar-refractivity contribution is 0.0697. The van der Waals surface area contributed by atoms with Crippen molar-refractivity contribution in [1.82, 2.24) is 9.97 Å². The minimum Gasteiger partial charge on any atom is -0.491 e. The number of carbonyl (C=O) groups is 2. The van der Waals surface area contributed by atoms with E-state index in [1.165, 1.54) is 35.7 Å². The maximum Gasteiger partial charge on any atom is 0.335 e. The van der Waals surface area contributed by atoms with Crippen molar-refractivity contribution in [3.8, 4) is 5.75 Å². The predicted molar refractivity (Wildman–Crippen MR) is 99.6 cm³/mol. The highest BCUT2D eigenvalue weighted by Crippen LogP contribution is 2.28. The van der Waals surface area contributed by atoms with Gasteiger partial charge in [-0.3, -0.25) is 10.1 Å². The van der Waals surface area contributed by atoms with Crippen LogP contribution in [0.15, 0.2) is 30.5 Å². The van der Waals surface area contributed by atoms with Gasteiger partial charge in [0.2, 0.25) is 0 Å². The van der Waals surface area contributed by atoms with Crippen LogP contribution in [0, 0.1) is 0 Å². The Morgan fingerprint density at radius 3 is 2.88 bits per heavy atom. The number of carboxylic acids is 1. The van der Waals surface area contributed by atoms with Crippen LogP contribution in [0.2, 0.25) is 5.02 Å². The van der Waals surface area contributed by atoms with Gasteiger partial charge in [0.15, 0.2) is 16.6 Å². The van der Waals surface area contributed by atoms with E-state index in [0.717, 1.165) is 6.42 Å². The van der Waals surface area contributed by atoms with Gasteiger partial charge in [-0.1, -0.05) is 29.9 Å². The second-order valence-electron chi connectivity index (χ2n) is 5.31. The molecule has 1 aromatic carbocycles. The summed E-state index contributed by atoms with van der Waals surface area (Å²) in [5.41, 5.74) is 0.865. The van der Waals surface area contributed by atoms with E-state index >= 15 is 0 Å². The van der Waals surface area contributed by atoms with Crippen LogP contribution in [0.4, 0.5) is 5.13 Å². The quantitative estimate of drug-likeness (QED) is 0.656. The average molecular weight is 392 g/mol. The fourth-order valence-corrected chi connectivity index (χ4v) is 3.23. The summed E-state index contributed by atoms with van der Waals surface area (Å²) in [7, 11) is 0. The number of anilines is 1. The first-order valence-corrected chi connectivity index (χ1v) is 8.91. The van der Waals surface area contributed by atoms with Crippen LogP contribution in [0.25, 0.3) is 10.2 Å². The Morgan fingerprint density at radius 1 is 1.35 bits per heavy atom. The number of nitrogens with one attached hydrogen (secondary N) is 1. The molecule has 2 N–H and O–H groups in total. The number of carbonyl (C=O) groups excluding carboxylic acids is 1. The zero-order valence-electron chi connectivity index (χ0n) is 13.7. The second-order valence-corrected chi connectivity index (χ2v) is 6.78. The fourth-order valence-electron chi connectivity index (χ4n) is 2.18. The molecule has 0 spiro atoms. The highest BCUT2D eigenvalue weighted by Gasteiger charge is 2.17. The molecule has 0 radical (unpaired) electrons. The van der Waals surface area contributed by atoms with Gasteiger partial charge in [-0.15, -0.1) is 0 Å². The monoisotopic (exact) mass is 391 g/mol. The fraction of sp³-hybridized carbons (Fsp3) is 0.176. The van der Waals surface area contributed by atoms with E-state index in [4.69, 9.17) is 21.4 Å². The van der Waals surface area contributed by atoms with Gasteiger partial charge in [0.1, 0.15) is 0 Å². The number of thiazole rings is 1. The van der Waals surface area contributed by atoms with Gasteiger partial charge in [-0.25, -0.2) is 14.8 Å². The molecule has 2 heterocycles. The standard InChI is InChI=1S/C17H14ClN3O4S/c1-2-5-25-12-7-10(18)8-19-14(12)15(22)21-17-20-11-4-3-9(16(23)24)6-13(11)26-17/h3-4,6-8H,2,5H2,1H3,(H,23,24)(H,20,21,22). The lowest BCUT2D eigenvalue weighted by Gasteiger charge is -2.09. The van der Waals surface area contributed by atoms with Crippen LogP contribution in [0.5, 0.6) is 5.75 Å². The Hall–Kier alpha value is -2.71. The minimum absolute atomic E-state index is 0.105. The Kier molecular flexibility index (Phi) is 5.34. The molecule has 3 rings (SSSR count). The smallest absolute Gasteiger partial charge is 0.335 e.